The summed E-state index contributed by atoms with van der Waals surface area (Å²) in [4.78, 5) is 20.3. The third-order valence-corrected chi connectivity index (χ3v) is 4.30. The standard InChI is InChI=1S/C17H22F2N4O2.HI/c1-20-17(22-7-8-23(12-2-3-12)16(24)11-22)21-6-9-25-13-4-5-14(18)15(19)10-13;/h4-5,10,12H,2-3,6-9,11H2,1H3,(H,20,21);1H. The van der Waals surface area contributed by atoms with E-state index in [1.165, 1.54) is 6.07 Å². The van der Waals surface area contributed by atoms with E-state index in [4.69, 9.17) is 4.74 Å². The van der Waals surface area contributed by atoms with E-state index in [9.17, 15) is 13.6 Å². The van der Waals surface area contributed by atoms with Gasteiger partial charge in [0.1, 0.15) is 12.4 Å². The number of rotatable bonds is 5. The number of aliphatic imine (C=N–C) groups is 1. The lowest BCUT2D eigenvalue weighted by Gasteiger charge is -2.36. The number of hydrogen-bond acceptors (Lipinski definition) is 3. The van der Waals surface area contributed by atoms with Gasteiger partial charge in [0.2, 0.25) is 5.91 Å². The zero-order valence-electron chi connectivity index (χ0n) is 14.6. The maximum Gasteiger partial charge on any atom is 0.242 e. The molecule has 1 aromatic carbocycles. The van der Waals surface area contributed by atoms with E-state index in [2.05, 4.69) is 10.3 Å². The summed E-state index contributed by atoms with van der Waals surface area (Å²) in [5.41, 5.74) is 0. The van der Waals surface area contributed by atoms with Crippen molar-refractivity contribution in [2.45, 2.75) is 18.9 Å². The number of guanidine groups is 1. The van der Waals surface area contributed by atoms with Gasteiger partial charge in [0, 0.05) is 32.2 Å². The number of benzene rings is 1. The number of nitrogens with zero attached hydrogens (tertiary/aromatic N) is 3. The van der Waals surface area contributed by atoms with Crippen molar-refractivity contribution in [2.24, 2.45) is 4.99 Å². The molecule has 1 aliphatic heterocycles. The van der Waals surface area contributed by atoms with Gasteiger partial charge in [0.25, 0.3) is 0 Å². The quantitative estimate of drug-likeness (QED) is 0.303. The van der Waals surface area contributed by atoms with Crippen molar-refractivity contribution in [3.05, 3.63) is 29.8 Å². The highest BCUT2D eigenvalue weighted by atomic mass is 127. The lowest BCUT2D eigenvalue weighted by Crippen LogP contribution is -2.56. The second kappa shape index (κ2) is 9.33. The molecule has 0 spiro atoms. The molecule has 9 heteroatoms. The average molecular weight is 480 g/mol. The number of hydrogen-bond donors (Lipinski definition) is 1. The molecule has 1 aliphatic carbocycles. The Morgan fingerprint density at radius 2 is 2.08 bits per heavy atom. The molecule has 2 aliphatic rings. The van der Waals surface area contributed by atoms with Crippen molar-refractivity contribution in [3.63, 3.8) is 0 Å². The first-order valence-corrected chi connectivity index (χ1v) is 8.41. The molecule has 1 aromatic rings. The second-order valence-electron chi connectivity index (χ2n) is 6.14. The van der Waals surface area contributed by atoms with Crippen LogP contribution in [0.25, 0.3) is 0 Å². The summed E-state index contributed by atoms with van der Waals surface area (Å²) in [5.74, 6) is -0.800. The molecule has 0 bridgehead atoms. The third-order valence-electron chi connectivity index (χ3n) is 4.30. The van der Waals surface area contributed by atoms with Gasteiger partial charge in [-0.25, -0.2) is 8.78 Å². The summed E-state index contributed by atoms with van der Waals surface area (Å²) >= 11 is 0. The molecule has 144 valence electrons. The fourth-order valence-electron chi connectivity index (χ4n) is 2.87. The molecule has 1 N–H and O–H groups in total. The predicted molar refractivity (Wildman–Crippen MR) is 105 cm³/mol. The first-order chi connectivity index (χ1) is 12.1. The highest BCUT2D eigenvalue weighted by Crippen LogP contribution is 2.28. The van der Waals surface area contributed by atoms with Crippen LogP contribution in [0.5, 0.6) is 5.75 Å². The van der Waals surface area contributed by atoms with Gasteiger partial charge in [-0.1, -0.05) is 0 Å². The van der Waals surface area contributed by atoms with E-state index in [1.807, 2.05) is 9.80 Å². The summed E-state index contributed by atoms with van der Waals surface area (Å²) in [6, 6.07) is 3.86. The SMILES string of the molecule is CN=C(NCCOc1ccc(F)c(F)c1)N1CCN(C2CC2)C(=O)C1.I. The molecule has 1 saturated heterocycles. The van der Waals surface area contributed by atoms with Crippen LogP contribution in [0.15, 0.2) is 23.2 Å². The molecule has 26 heavy (non-hydrogen) atoms. The topological polar surface area (TPSA) is 57.2 Å². The predicted octanol–water partition coefficient (Wildman–Crippen LogP) is 1.84. The van der Waals surface area contributed by atoms with Crippen molar-refractivity contribution in [1.82, 2.24) is 15.1 Å². The molecule has 6 nitrogen and oxygen atoms in total. The van der Waals surface area contributed by atoms with E-state index in [0.717, 1.165) is 38.1 Å². The number of halogens is 3. The van der Waals surface area contributed by atoms with Crippen LogP contribution in [0.2, 0.25) is 0 Å². The van der Waals surface area contributed by atoms with Gasteiger partial charge in [0.15, 0.2) is 17.6 Å². The molecular weight excluding hydrogens is 457 g/mol. The Bertz CT molecular complexity index is 670. The van der Waals surface area contributed by atoms with Crippen molar-refractivity contribution >= 4 is 35.8 Å². The van der Waals surface area contributed by atoms with Crippen LogP contribution in [0, 0.1) is 11.6 Å². The Morgan fingerprint density at radius 1 is 1.31 bits per heavy atom. The van der Waals surface area contributed by atoms with E-state index in [0.29, 0.717) is 25.1 Å². The van der Waals surface area contributed by atoms with Gasteiger partial charge in [-0.15, -0.1) is 24.0 Å². The van der Waals surface area contributed by atoms with E-state index in [-0.39, 0.29) is 42.2 Å². The summed E-state index contributed by atoms with van der Waals surface area (Å²) < 4.78 is 31.4. The minimum absolute atomic E-state index is 0. The maximum absolute atomic E-state index is 13.1. The van der Waals surface area contributed by atoms with Crippen LogP contribution in [0.3, 0.4) is 0 Å². The summed E-state index contributed by atoms with van der Waals surface area (Å²) in [6.07, 6.45) is 2.22. The highest BCUT2D eigenvalue weighted by molar-refractivity contribution is 14.0. The molecule has 3 rings (SSSR count). The van der Waals surface area contributed by atoms with Crippen LogP contribution < -0.4 is 10.1 Å². The summed E-state index contributed by atoms with van der Waals surface area (Å²) in [6.45, 7) is 2.48. The van der Waals surface area contributed by atoms with Gasteiger partial charge in [-0.2, -0.15) is 0 Å². The fourth-order valence-corrected chi connectivity index (χ4v) is 2.87. The number of nitrogens with one attached hydrogen (secondary N) is 1. The minimum Gasteiger partial charge on any atom is -0.492 e. The zero-order chi connectivity index (χ0) is 17.8. The maximum atomic E-state index is 13.1. The lowest BCUT2D eigenvalue weighted by molar-refractivity contribution is -0.135. The lowest BCUT2D eigenvalue weighted by atomic mass is 10.3. The van der Waals surface area contributed by atoms with E-state index in [1.54, 1.807) is 7.05 Å². The molecule has 0 aromatic heterocycles. The molecule has 1 amide bonds. The molecular formula is C17H23F2IN4O2. The monoisotopic (exact) mass is 480 g/mol. The van der Waals surface area contributed by atoms with Gasteiger partial charge in [-0.05, 0) is 25.0 Å². The Hall–Kier alpha value is -1.65. The van der Waals surface area contributed by atoms with Crippen molar-refractivity contribution in [2.75, 3.05) is 39.8 Å². The van der Waals surface area contributed by atoms with E-state index < -0.39 is 11.6 Å². The zero-order valence-corrected chi connectivity index (χ0v) is 16.9. The summed E-state index contributed by atoms with van der Waals surface area (Å²) in [5, 5.41) is 3.13. The van der Waals surface area contributed by atoms with Crippen molar-refractivity contribution in [3.8, 4) is 5.75 Å². The van der Waals surface area contributed by atoms with Crippen molar-refractivity contribution in [1.29, 1.82) is 0 Å². The minimum atomic E-state index is -0.937. The first kappa shape index (κ1) is 20.7. The largest absolute Gasteiger partial charge is 0.492 e. The Kier molecular flexibility index (Phi) is 7.42. The second-order valence-corrected chi connectivity index (χ2v) is 6.14. The fraction of sp³-hybridized carbons (Fsp3) is 0.529. The Labute approximate surface area is 168 Å². The Morgan fingerprint density at radius 3 is 2.69 bits per heavy atom. The average Bonchev–Trinajstić information content (AvgIpc) is 3.43. The molecule has 0 atom stereocenters. The molecule has 2 fully saturated rings. The normalized spacial score (nSPS) is 17.8. The molecule has 1 heterocycles. The first-order valence-electron chi connectivity index (χ1n) is 8.41. The highest BCUT2D eigenvalue weighted by Gasteiger charge is 2.36. The van der Waals surface area contributed by atoms with Gasteiger partial charge >= 0.3 is 0 Å². The van der Waals surface area contributed by atoms with Gasteiger partial charge in [-0.3, -0.25) is 9.79 Å². The third kappa shape index (κ3) is 5.18. The number of carbonyl (C=O) groups excluding carboxylic acids is 1. The number of amides is 1. The van der Waals surface area contributed by atoms with Gasteiger partial charge < -0.3 is 19.9 Å². The smallest absolute Gasteiger partial charge is 0.242 e. The van der Waals surface area contributed by atoms with E-state index >= 15 is 0 Å². The summed E-state index contributed by atoms with van der Waals surface area (Å²) in [7, 11) is 1.66. The number of carbonyl (C=O) groups is 1. The van der Waals surface area contributed by atoms with Crippen molar-refractivity contribution < 1.29 is 18.3 Å². The van der Waals surface area contributed by atoms with Crippen LogP contribution in [0.1, 0.15) is 12.8 Å². The Balaban J connectivity index is 0.00000243. The van der Waals surface area contributed by atoms with Gasteiger partial charge in [0.05, 0.1) is 13.1 Å². The van der Waals surface area contributed by atoms with Crippen LogP contribution in [-0.4, -0.2) is 67.5 Å². The molecule has 1 saturated carbocycles. The van der Waals surface area contributed by atoms with Crippen LogP contribution >= 0.6 is 24.0 Å². The molecule has 0 unspecified atom stereocenters. The number of ether oxygens (including phenoxy) is 1. The number of piperazine rings is 1. The van der Waals surface area contributed by atoms with Crippen LogP contribution in [0.4, 0.5) is 8.78 Å². The molecule has 0 radical (unpaired) electrons. The van der Waals surface area contributed by atoms with Crippen LogP contribution in [-0.2, 0) is 4.79 Å².